The molecule has 0 amide bonds. The minimum Gasteiger partial charge on any atom is -0.493 e. The molecule has 1 aliphatic heterocycles. The molecule has 3 nitrogen and oxygen atoms in total. The number of furan rings is 1. The maximum atomic E-state index is 10.0. The summed E-state index contributed by atoms with van der Waals surface area (Å²) in [6.45, 7) is 4.11. The van der Waals surface area contributed by atoms with Crippen molar-refractivity contribution in [3.8, 4) is 0 Å². The van der Waals surface area contributed by atoms with Crippen LogP contribution in [0.1, 0.15) is 11.5 Å². The number of hydrogen-bond acceptors (Lipinski definition) is 3. The zero-order valence-electron chi connectivity index (χ0n) is 7.74. The van der Waals surface area contributed by atoms with Crippen molar-refractivity contribution < 1.29 is 13.9 Å². The van der Waals surface area contributed by atoms with Gasteiger partial charge in [0, 0.05) is 6.08 Å². The van der Waals surface area contributed by atoms with E-state index < -0.39 is 0 Å². The van der Waals surface area contributed by atoms with Gasteiger partial charge in [0.2, 0.25) is 0 Å². The molecule has 0 fully saturated rings. The molecule has 1 aromatic heterocycles. The van der Waals surface area contributed by atoms with Crippen LogP contribution in [0.2, 0.25) is 0 Å². The van der Waals surface area contributed by atoms with Crippen molar-refractivity contribution in [3.05, 3.63) is 36.0 Å². The molecule has 3 heteroatoms. The van der Waals surface area contributed by atoms with Gasteiger partial charge in [-0.25, -0.2) is 0 Å². The lowest BCUT2D eigenvalue weighted by Gasteiger charge is -1.79. The van der Waals surface area contributed by atoms with Crippen LogP contribution in [-0.4, -0.2) is 12.4 Å². The predicted molar refractivity (Wildman–Crippen MR) is 48.3 cm³/mol. The van der Waals surface area contributed by atoms with Crippen molar-refractivity contribution in [1.29, 1.82) is 0 Å². The predicted octanol–water partition coefficient (Wildman–Crippen LogP) is 2.00. The van der Waals surface area contributed by atoms with Crippen molar-refractivity contribution in [2.24, 2.45) is 0 Å². The Bertz CT molecular complexity index is 293. The minimum atomic E-state index is 0.0509. The smallest absolute Gasteiger partial charge is 0.196 e. The number of ether oxygens (including phenoxy) is 1. The summed E-state index contributed by atoms with van der Waals surface area (Å²) in [6, 6.07) is 3.91. The summed E-state index contributed by atoms with van der Waals surface area (Å²) in [4.78, 5) is 10.0. The Morgan fingerprint density at radius 1 is 1.23 bits per heavy atom. The van der Waals surface area contributed by atoms with Crippen LogP contribution < -0.4 is 0 Å². The lowest BCUT2D eigenvalue weighted by Crippen LogP contribution is -1.91. The third-order valence-electron chi connectivity index (χ3n) is 1.45. The molecule has 13 heavy (non-hydrogen) atoms. The maximum Gasteiger partial charge on any atom is 0.196 e. The van der Waals surface area contributed by atoms with E-state index in [1.54, 1.807) is 0 Å². The van der Waals surface area contributed by atoms with E-state index in [1.807, 2.05) is 26.0 Å². The van der Waals surface area contributed by atoms with Gasteiger partial charge in [-0.15, -0.1) is 0 Å². The molecule has 0 N–H and O–H groups in total. The largest absolute Gasteiger partial charge is 0.493 e. The number of hydrogen-bond donors (Lipinski definition) is 0. The number of carbonyl (C=O) groups is 1. The Morgan fingerprint density at radius 3 is 2.00 bits per heavy atom. The van der Waals surface area contributed by atoms with Crippen LogP contribution in [0.15, 0.2) is 28.9 Å². The summed E-state index contributed by atoms with van der Waals surface area (Å²) in [5.41, 5.74) is 0. The van der Waals surface area contributed by atoms with Gasteiger partial charge in [0.05, 0.1) is 6.26 Å². The lowest BCUT2D eigenvalue weighted by atomic mass is 10.5. The summed E-state index contributed by atoms with van der Waals surface area (Å²) < 4.78 is 9.61. The molecule has 70 valence electrons. The second kappa shape index (κ2) is 4.50. The molecule has 0 saturated carbocycles. The number of aryl methyl sites for hydroxylation is 2. The van der Waals surface area contributed by atoms with Gasteiger partial charge in [-0.3, -0.25) is 4.79 Å². The van der Waals surface area contributed by atoms with Gasteiger partial charge in [-0.1, -0.05) is 0 Å². The second-order valence-electron chi connectivity index (χ2n) is 2.74. The Labute approximate surface area is 77.0 Å². The van der Waals surface area contributed by atoms with Gasteiger partial charge < -0.3 is 9.15 Å². The summed E-state index contributed by atoms with van der Waals surface area (Å²) in [5, 5.41) is 0. The first kappa shape index (κ1) is 9.58. The Hall–Kier alpha value is -1.51. The van der Waals surface area contributed by atoms with Crippen molar-refractivity contribution in [2.75, 3.05) is 6.61 Å². The van der Waals surface area contributed by atoms with E-state index in [-0.39, 0.29) is 12.4 Å². The normalized spacial score (nSPS) is 13.5. The molecule has 0 radical (unpaired) electrons. The zero-order chi connectivity index (χ0) is 9.68. The molecule has 0 aromatic carbocycles. The van der Waals surface area contributed by atoms with Crippen LogP contribution in [0.25, 0.3) is 0 Å². The third kappa shape index (κ3) is 3.60. The van der Waals surface area contributed by atoms with E-state index >= 15 is 0 Å². The Kier molecular flexibility index (Phi) is 3.31. The average molecular weight is 180 g/mol. The minimum absolute atomic E-state index is 0.0509. The topological polar surface area (TPSA) is 39.4 Å². The molecular weight excluding hydrogens is 168 g/mol. The van der Waals surface area contributed by atoms with Crippen LogP contribution >= 0.6 is 0 Å². The van der Waals surface area contributed by atoms with Crippen molar-refractivity contribution in [3.63, 3.8) is 0 Å². The molecule has 0 unspecified atom stereocenters. The summed E-state index contributed by atoms with van der Waals surface area (Å²) >= 11 is 0. The zero-order valence-corrected chi connectivity index (χ0v) is 7.74. The highest BCUT2D eigenvalue weighted by Crippen LogP contribution is 2.02. The second-order valence-corrected chi connectivity index (χ2v) is 2.74. The maximum absolute atomic E-state index is 10.0. The molecule has 0 aliphatic carbocycles. The Balaban J connectivity index is 0.000000132. The SMILES string of the molecule is Cc1ccc(C)o1.O=C1C=COC1. The first-order valence-corrected chi connectivity index (χ1v) is 4.02. The molecule has 1 aliphatic rings. The van der Waals surface area contributed by atoms with Gasteiger partial charge in [0.15, 0.2) is 5.78 Å². The van der Waals surface area contributed by atoms with Gasteiger partial charge >= 0.3 is 0 Å². The fourth-order valence-electron chi connectivity index (χ4n) is 0.859. The molecule has 2 heterocycles. The summed E-state index contributed by atoms with van der Waals surface area (Å²) in [7, 11) is 0. The molecule has 2 rings (SSSR count). The molecule has 1 aromatic rings. The third-order valence-corrected chi connectivity index (χ3v) is 1.45. The highest BCUT2D eigenvalue weighted by molar-refractivity contribution is 5.92. The average Bonchev–Trinajstić information content (AvgIpc) is 2.64. The van der Waals surface area contributed by atoms with Crippen LogP contribution in [-0.2, 0) is 9.53 Å². The fraction of sp³-hybridized carbons (Fsp3) is 0.300. The summed E-state index contributed by atoms with van der Waals surface area (Å²) in [5.74, 6) is 2.02. The van der Waals surface area contributed by atoms with E-state index in [0.717, 1.165) is 11.5 Å². The van der Waals surface area contributed by atoms with E-state index in [1.165, 1.54) is 12.3 Å². The van der Waals surface area contributed by atoms with Crippen LogP contribution in [0, 0.1) is 13.8 Å². The molecular formula is C10H12O3. The highest BCUT2D eigenvalue weighted by atomic mass is 16.5. The van der Waals surface area contributed by atoms with Crippen LogP contribution in [0.4, 0.5) is 0 Å². The number of carbonyl (C=O) groups excluding carboxylic acids is 1. The molecule has 0 saturated heterocycles. The van der Waals surface area contributed by atoms with E-state index in [0.29, 0.717) is 0 Å². The number of ketones is 1. The quantitative estimate of drug-likeness (QED) is 0.613. The van der Waals surface area contributed by atoms with Crippen molar-refractivity contribution in [1.82, 2.24) is 0 Å². The van der Waals surface area contributed by atoms with Gasteiger partial charge in [0.25, 0.3) is 0 Å². The van der Waals surface area contributed by atoms with Crippen molar-refractivity contribution >= 4 is 5.78 Å². The van der Waals surface area contributed by atoms with Crippen LogP contribution in [0.3, 0.4) is 0 Å². The monoisotopic (exact) mass is 180 g/mol. The molecule has 0 spiro atoms. The Morgan fingerprint density at radius 2 is 1.85 bits per heavy atom. The van der Waals surface area contributed by atoms with Gasteiger partial charge in [-0.05, 0) is 26.0 Å². The standard InChI is InChI=1S/C6H8O.C4H4O2/c1-5-3-4-6(2)7-5;5-4-1-2-6-3-4/h3-4H,1-2H3;1-2H,3H2. The summed E-state index contributed by atoms with van der Waals surface area (Å²) in [6.07, 6.45) is 2.82. The number of rotatable bonds is 0. The lowest BCUT2D eigenvalue weighted by molar-refractivity contribution is -0.115. The van der Waals surface area contributed by atoms with Crippen molar-refractivity contribution in [2.45, 2.75) is 13.8 Å². The molecule has 0 bridgehead atoms. The fourth-order valence-corrected chi connectivity index (χ4v) is 0.859. The van der Waals surface area contributed by atoms with E-state index in [9.17, 15) is 4.79 Å². The van der Waals surface area contributed by atoms with Crippen LogP contribution in [0.5, 0.6) is 0 Å². The first-order chi connectivity index (χ1) is 6.18. The van der Waals surface area contributed by atoms with E-state index in [4.69, 9.17) is 4.42 Å². The highest BCUT2D eigenvalue weighted by Gasteiger charge is 1.99. The van der Waals surface area contributed by atoms with Gasteiger partial charge in [-0.2, -0.15) is 0 Å². The van der Waals surface area contributed by atoms with Gasteiger partial charge in [0.1, 0.15) is 18.1 Å². The first-order valence-electron chi connectivity index (χ1n) is 4.02. The molecule has 0 atom stereocenters. The van der Waals surface area contributed by atoms with E-state index in [2.05, 4.69) is 4.74 Å².